The predicted molar refractivity (Wildman–Crippen MR) is 46.2 cm³/mol. The Morgan fingerprint density at radius 1 is 1.58 bits per heavy atom. The number of pyridine rings is 1. The molecule has 0 saturated carbocycles. The first-order valence-electron chi connectivity index (χ1n) is 3.55. The van der Waals surface area contributed by atoms with Crippen LogP contribution in [0, 0.1) is 0 Å². The van der Waals surface area contributed by atoms with Crippen molar-refractivity contribution >= 4 is 11.1 Å². The summed E-state index contributed by atoms with van der Waals surface area (Å²) in [7, 11) is 0. The number of aromatic nitrogens is 1. The Bertz CT molecular complexity index is 284. The van der Waals surface area contributed by atoms with E-state index in [0.717, 1.165) is 0 Å². The van der Waals surface area contributed by atoms with E-state index in [1.165, 1.54) is 0 Å². The summed E-state index contributed by atoms with van der Waals surface area (Å²) in [5, 5.41) is 0. The molecule has 0 saturated heterocycles. The van der Waals surface area contributed by atoms with E-state index >= 15 is 0 Å². The second-order valence-electron chi connectivity index (χ2n) is 2.99. The van der Waals surface area contributed by atoms with Gasteiger partial charge in [-0.25, -0.2) is 0 Å². The van der Waals surface area contributed by atoms with Crippen LogP contribution in [0.2, 0.25) is 0 Å². The van der Waals surface area contributed by atoms with Crippen molar-refractivity contribution in [2.24, 2.45) is 0 Å². The van der Waals surface area contributed by atoms with E-state index in [4.69, 9.17) is 0 Å². The number of hydrogen-bond acceptors (Lipinski definition) is 3. The zero-order valence-electron chi connectivity index (χ0n) is 6.98. The van der Waals surface area contributed by atoms with Crippen molar-refractivity contribution in [3.63, 3.8) is 0 Å². The Balaban J connectivity index is 3.06. The third-order valence-electron chi connectivity index (χ3n) is 1.77. The van der Waals surface area contributed by atoms with Crippen LogP contribution in [0.3, 0.4) is 0 Å². The number of rotatable bonds is 2. The molecule has 0 aliphatic rings. The summed E-state index contributed by atoms with van der Waals surface area (Å²) in [5.74, 6) is 0. The molecule has 3 nitrogen and oxygen atoms in total. The maximum atomic E-state index is 10.8. The average Bonchev–Trinajstić information content (AvgIpc) is 2.06. The Labute approximate surface area is 74.1 Å². The molecule has 4 heteroatoms. The van der Waals surface area contributed by atoms with Gasteiger partial charge in [0.15, 0.2) is 0 Å². The molecule has 1 rings (SSSR count). The van der Waals surface area contributed by atoms with E-state index in [1.807, 2.05) is 0 Å². The lowest BCUT2D eigenvalue weighted by molar-refractivity contribution is 0.500. The Kier molecular flexibility index (Phi) is 2.59. The average molecular weight is 184 g/mol. The van der Waals surface area contributed by atoms with Crippen LogP contribution in [0.1, 0.15) is 19.4 Å². The molecular formula is C8H10NO2S-. The SMILES string of the molecule is CC(C)(c1cccnc1)S(=O)[O-]. The van der Waals surface area contributed by atoms with Crippen LogP contribution < -0.4 is 0 Å². The second-order valence-corrected chi connectivity index (χ2v) is 4.48. The largest absolute Gasteiger partial charge is 0.772 e. The van der Waals surface area contributed by atoms with Crippen LogP contribution in [0.4, 0.5) is 0 Å². The molecular weight excluding hydrogens is 174 g/mol. The topological polar surface area (TPSA) is 53.0 Å². The van der Waals surface area contributed by atoms with Gasteiger partial charge in [-0.3, -0.25) is 9.19 Å². The van der Waals surface area contributed by atoms with Crippen LogP contribution >= 0.6 is 0 Å². The summed E-state index contributed by atoms with van der Waals surface area (Å²) in [6.45, 7) is 3.29. The normalized spacial score (nSPS) is 14.2. The summed E-state index contributed by atoms with van der Waals surface area (Å²) in [5.41, 5.74) is 0.707. The van der Waals surface area contributed by atoms with Gasteiger partial charge in [-0.1, -0.05) is 6.07 Å². The van der Waals surface area contributed by atoms with Crippen molar-refractivity contribution in [2.75, 3.05) is 0 Å². The molecule has 1 unspecified atom stereocenters. The van der Waals surface area contributed by atoms with Crippen molar-refractivity contribution in [3.8, 4) is 0 Å². The molecule has 0 amide bonds. The fraction of sp³-hybridized carbons (Fsp3) is 0.375. The third kappa shape index (κ3) is 1.70. The Morgan fingerprint density at radius 2 is 2.25 bits per heavy atom. The molecule has 0 radical (unpaired) electrons. The minimum absolute atomic E-state index is 0.707. The van der Waals surface area contributed by atoms with E-state index in [9.17, 15) is 8.76 Å². The van der Waals surface area contributed by atoms with Gasteiger partial charge in [0.05, 0.1) is 4.75 Å². The lowest BCUT2D eigenvalue weighted by Crippen LogP contribution is -2.23. The molecule has 0 fully saturated rings. The van der Waals surface area contributed by atoms with E-state index in [2.05, 4.69) is 4.98 Å². The number of hydrogen-bond donors (Lipinski definition) is 0. The van der Waals surface area contributed by atoms with Gasteiger partial charge < -0.3 is 4.55 Å². The monoisotopic (exact) mass is 184 g/mol. The highest BCUT2D eigenvalue weighted by Gasteiger charge is 2.21. The summed E-state index contributed by atoms with van der Waals surface area (Å²) in [4.78, 5) is 3.86. The van der Waals surface area contributed by atoms with Gasteiger partial charge in [0.1, 0.15) is 0 Å². The van der Waals surface area contributed by atoms with Gasteiger partial charge in [-0.15, -0.1) is 0 Å². The van der Waals surface area contributed by atoms with Crippen LogP contribution in [-0.2, 0) is 15.8 Å². The quantitative estimate of drug-likeness (QED) is 0.649. The van der Waals surface area contributed by atoms with Gasteiger partial charge in [0.25, 0.3) is 0 Å². The highest BCUT2D eigenvalue weighted by Crippen LogP contribution is 2.24. The molecule has 0 aliphatic carbocycles. The smallest absolute Gasteiger partial charge is 0.0534 e. The minimum atomic E-state index is -2.12. The standard InChI is InChI=1S/C8H11NO2S/c1-8(2,12(10)11)7-4-3-5-9-6-7/h3-6H,1-2H3,(H,10,11)/p-1. The maximum Gasteiger partial charge on any atom is 0.0534 e. The number of nitrogens with zero attached hydrogens (tertiary/aromatic N) is 1. The predicted octanol–water partition coefficient (Wildman–Crippen LogP) is 1.20. The molecule has 0 spiro atoms. The Hall–Kier alpha value is -0.740. The maximum absolute atomic E-state index is 10.8. The Morgan fingerprint density at radius 3 is 2.67 bits per heavy atom. The summed E-state index contributed by atoms with van der Waals surface area (Å²) >= 11 is -2.12. The fourth-order valence-electron chi connectivity index (χ4n) is 0.815. The third-order valence-corrected chi connectivity index (χ3v) is 2.84. The molecule has 0 aromatic carbocycles. The van der Waals surface area contributed by atoms with E-state index in [-0.39, 0.29) is 0 Å². The van der Waals surface area contributed by atoms with E-state index in [0.29, 0.717) is 5.56 Å². The molecule has 66 valence electrons. The molecule has 0 aliphatic heterocycles. The van der Waals surface area contributed by atoms with Crippen LogP contribution in [-0.4, -0.2) is 13.7 Å². The first-order chi connectivity index (χ1) is 5.55. The summed E-state index contributed by atoms with van der Waals surface area (Å²) in [6.07, 6.45) is 3.18. The summed E-state index contributed by atoms with van der Waals surface area (Å²) < 4.78 is 20.7. The molecule has 0 N–H and O–H groups in total. The van der Waals surface area contributed by atoms with Crippen LogP contribution in [0.25, 0.3) is 0 Å². The molecule has 1 heterocycles. The first-order valence-corrected chi connectivity index (χ1v) is 4.62. The highest BCUT2D eigenvalue weighted by molar-refractivity contribution is 7.80. The van der Waals surface area contributed by atoms with Gasteiger partial charge in [-0.2, -0.15) is 0 Å². The van der Waals surface area contributed by atoms with E-state index < -0.39 is 15.8 Å². The van der Waals surface area contributed by atoms with Gasteiger partial charge in [-0.05, 0) is 36.6 Å². The molecule has 12 heavy (non-hydrogen) atoms. The minimum Gasteiger partial charge on any atom is -0.772 e. The highest BCUT2D eigenvalue weighted by atomic mass is 32.2. The second kappa shape index (κ2) is 3.33. The lowest BCUT2D eigenvalue weighted by Gasteiger charge is -2.27. The van der Waals surface area contributed by atoms with Gasteiger partial charge >= 0.3 is 0 Å². The van der Waals surface area contributed by atoms with Crippen LogP contribution in [0.15, 0.2) is 24.5 Å². The lowest BCUT2D eigenvalue weighted by atomic mass is 10.1. The summed E-state index contributed by atoms with van der Waals surface area (Å²) in [6, 6.07) is 3.48. The van der Waals surface area contributed by atoms with Crippen molar-refractivity contribution in [1.82, 2.24) is 4.98 Å². The molecule has 1 atom stereocenters. The molecule has 0 bridgehead atoms. The van der Waals surface area contributed by atoms with Crippen molar-refractivity contribution < 1.29 is 8.76 Å². The van der Waals surface area contributed by atoms with Crippen LogP contribution in [0.5, 0.6) is 0 Å². The van der Waals surface area contributed by atoms with Crippen molar-refractivity contribution in [2.45, 2.75) is 18.6 Å². The van der Waals surface area contributed by atoms with Gasteiger partial charge in [0.2, 0.25) is 0 Å². The fourth-order valence-corrected chi connectivity index (χ4v) is 1.13. The molecule has 1 aromatic heterocycles. The van der Waals surface area contributed by atoms with E-state index in [1.54, 1.807) is 38.4 Å². The molecule has 1 aromatic rings. The zero-order chi connectivity index (χ0) is 9.19. The van der Waals surface area contributed by atoms with Crippen molar-refractivity contribution in [1.29, 1.82) is 0 Å². The van der Waals surface area contributed by atoms with Gasteiger partial charge in [0, 0.05) is 12.4 Å². The first kappa shape index (κ1) is 9.35. The zero-order valence-corrected chi connectivity index (χ0v) is 7.80. The van der Waals surface area contributed by atoms with Crippen molar-refractivity contribution in [3.05, 3.63) is 30.1 Å².